The van der Waals surface area contributed by atoms with Crippen LogP contribution >= 0.6 is 11.6 Å². The molecular formula is C15H20ClFO2. The Balaban J connectivity index is 1.78. The van der Waals surface area contributed by atoms with Crippen LogP contribution in [0.2, 0.25) is 5.02 Å². The Morgan fingerprint density at radius 1 is 1.42 bits per heavy atom. The van der Waals surface area contributed by atoms with Crippen molar-refractivity contribution in [3.8, 4) is 0 Å². The molecule has 1 heterocycles. The van der Waals surface area contributed by atoms with Crippen molar-refractivity contribution in [1.82, 2.24) is 0 Å². The van der Waals surface area contributed by atoms with Crippen LogP contribution in [0.4, 0.5) is 4.39 Å². The summed E-state index contributed by atoms with van der Waals surface area (Å²) >= 11 is 5.70. The maximum Gasteiger partial charge on any atom is 0.127 e. The molecule has 1 aliphatic heterocycles. The molecule has 106 valence electrons. The van der Waals surface area contributed by atoms with E-state index in [1.165, 1.54) is 12.5 Å². The minimum atomic E-state index is -0.527. The molecule has 19 heavy (non-hydrogen) atoms. The molecule has 0 saturated carbocycles. The van der Waals surface area contributed by atoms with Crippen molar-refractivity contribution in [1.29, 1.82) is 0 Å². The largest absolute Gasteiger partial charge is 0.393 e. The topological polar surface area (TPSA) is 29.5 Å². The average molecular weight is 287 g/mol. The SMILES string of the molecule is OC(CCC1CCCCO1)Cc1ccc(Cl)cc1F. The number of benzene rings is 1. The van der Waals surface area contributed by atoms with Crippen molar-refractivity contribution in [3.63, 3.8) is 0 Å². The van der Waals surface area contributed by atoms with Gasteiger partial charge in [-0.1, -0.05) is 17.7 Å². The lowest BCUT2D eigenvalue weighted by Crippen LogP contribution is -2.22. The lowest BCUT2D eigenvalue weighted by atomic mass is 9.99. The lowest BCUT2D eigenvalue weighted by molar-refractivity contribution is 0.00230. The fourth-order valence-corrected chi connectivity index (χ4v) is 2.62. The molecule has 1 aromatic carbocycles. The monoisotopic (exact) mass is 286 g/mol. The van der Waals surface area contributed by atoms with Crippen molar-refractivity contribution in [3.05, 3.63) is 34.6 Å². The van der Waals surface area contributed by atoms with E-state index in [-0.39, 0.29) is 11.9 Å². The summed E-state index contributed by atoms with van der Waals surface area (Å²) in [6.45, 7) is 0.826. The van der Waals surface area contributed by atoms with Gasteiger partial charge in [0.25, 0.3) is 0 Å². The molecule has 0 amide bonds. The summed E-state index contributed by atoms with van der Waals surface area (Å²) in [5.74, 6) is -0.347. The Bertz CT molecular complexity index is 405. The zero-order chi connectivity index (χ0) is 13.7. The molecule has 0 bridgehead atoms. The lowest BCUT2D eigenvalue weighted by Gasteiger charge is -2.23. The molecule has 2 unspecified atom stereocenters. The van der Waals surface area contributed by atoms with Crippen molar-refractivity contribution in [2.75, 3.05) is 6.61 Å². The number of rotatable bonds is 5. The van der Waals surface area contributed by atoms with E-state index in [4.69, 9.17) is 16.3 Å². The van der Waals surface area contributed by atoms with Gasteiger partial charge < -0.3 is 9.84 Å². The summed E-state index contributed by atoms with van der Waals surface area (Å²) in [6, 6.07) is 4.57. The van der Waals surface area contributed by atoms with Crippen molar-refractivity contribution < 1.29 is 14.2 Å². The van der Waals surface area contributed by atoms with E-state index in [1.54, 1.807) is 12.1 Å². The standard InChI is InChI=1S/C15H20ClFO2/c16-12-5-4-11(15(17)10-12)9-13(18)6-7-14-3-1-2-8-19-14/h4-5,10,13-14,18H,1-3,6-9H2. The van der Waals surface area contributed by atoms with Crippen molar-refractivity contribution in [2.24, 2.45) is 0 Å². The van der Waals surface area contributed by atoms with Gasteiger partial charge in [0.2, 0.25) is 0 Å². The predicted octanol–water partition coefficient (Wildman–Crippen LogP) is 3.73. The third-order valence-corrected chi connectivity index (χ3v) is 3.80. The summed E-state index contributed by atoms with van der Waals surface area (Å²) in [4.78, 5) is 0. The maximum absolute atomic E-state index is 13.6. The van der Waals surface area contributed by atoms with Crippen LogP contribution in [0, 0.1) is 5.82 Å². The van der Waals surface area contributed by atoms with Gasteiger partial charge in [-0.2, -0.15) is 0 Å². The first kappa shape index (κ1) is 14.8. The van der Waals surface area contributed by atoms with Crippen LogP contribution in [0.5, 0.6) is 0 Å². The summed E-state index contributed by atoms with van der Waals surface area (Å²) in [7, 11) is 0. The molecule has 0 radical (unpaired) electrons. The van der Waals surface area contributed by atoms with Gasteiger partial charge >= 0.3 is 0 Å². The van der Waals surface area contributed by atoms with Gasteiger partial charge in [0, 0.05) is 18.1 Å². The van der Waals surface area contributed by atoms with E-state index in [0.29, 0.717) is 23.4 Å². The van der Waals surface area contributed by atoms with E-state index in [9.17, 15) is 9.50 Å². The Morgan fingerprint density at radius 2 is 2.26 bits per heavy atom. The van der Waals surface area contributed by atoms with Crippen LogP contribution in [0.1, 0.15) is 37.7 Å². The molecule has 0 spiro atoms. The quantitative estimate of drug-likeness (QED) is 0.894. The summed E-state index contributed by atoms with van der Waals surface area (Å²) < 4.78 is 19.2. The van der Waals surface area contributed by atoms with Crippen molar-refractivity contribution >= 4 is 11.6 Å². The highest BCUT2D eigenvalue weighted by molar-refractivity contribution is 6.30. The molecule has 0 aliphatic carbocycles. The Kier molecular flexibility index (Phi) is 5.61. The second-order valence-electron chi connectivity index (χ2n) is 5.16. The van der Waals surface area contributed by atoms with E-state index in [2.05, 4.69) is 0 Å². The maximum atomic E-state index is 13.6. The van der Waals surface area contributed by atoms with Crippen molar-refractivity contribution in [2.45, 2.75) is 50.7 Å². The first-order valence-electron chi connectivity index (χ1n) is 6.89. The molecule has 0 aromatic heterocycles. The molecule has 1 saturated heterocycles. The smallest absolute Gasteiger partial charge is 0.127 e. The second kappa shape index (κ2) is 7.22. The van der Waals surface area contributed by atoms with Gasteiger partial charge in [-0.25, -0.2) is 4.39 Å². The predicted molar refractivity (Wildman–Crippen MR) is 73.9 cm³/mol. The van der Waals surface area contributed by atoms with Crippen LogP contribution in [0.15, 0.2) is 18.2 Å². The number of halogens is 2. The van der Waals surface area contributed by atoms with Crippen LogP contribution in [0.25, 0.3) is 0 Å². The first-order valence-corrected chi connectivity index (χ1v) is 7.26. The number of aliphatic hydroxyl groups excluding tert-OH is 1. The van der Waals surface area contributed by atoms with Gasteiger partial charge in [-0.3, -0.25) is 0 Å². The minimum Gasteiger partial charge on any atom is -0.393 e. The van der Waals surface area contributed by atoms with Crippen LogP contribution < -0.4 is 0 Å². The molecule has 2 rings (SSSR count). The van der Waals surface area contributed by atoms with Gasteiger partial charge in [0.15, 0.2) is 0 Å². The number of aliphatic hydroxyl groups is 1. The normalized spacial score (nSPS) is 21.3. The van der Waals surface area contributed by atoms with Crippen LogP contribution in [-0.4, -0.2) is 23.9 Å². The van der Waals surface area contributed by atoms with Gasteiger partial charge in [0.1, 0.15) is 5.82 Å². The third kappa shape index (κ3) is 4.75. The number of ether oxygens (including phenoxy) is 1. The minimum absolute atomic E-state index is 0.262. The molecule has 2 nitrogen and oxygen atoms in total. The molecule has 1 fully saturated rings. The van der Waals surface area contributed by atoms with Gasteiger partial charge in [0.05, 0.1) is 12.2 Å². The summed E-state index contributed by atoms with van der Waals surface area (Å²) in [5.41, 5.74) is 0.515. The number of hydrogen-bond acceptors (Lipinski definition) is 2. The third-order valence-electron chi connectivity index (χ3n) is 3.57. The molecule has 2 atom stereocenters. The van der Waals surface area contributed by atoms with E-state index in [0.717, 1.165) is 25.9 Å². The first-order chi connectivity index (χ1) is 9.15. The van der Waals surface area contributed by atoms with E-state index in [1.807, 2.05) is 0 Å². The number of hydrogen-bond donors (Lipinski definition) is 1. The zero-order valence-corrected chi connectivity index (χ0v) is 11.7. The highest BCUT2D eigenvalue weighted by atomic mass is 35.5. The Morgan fingerprint density at radius 3 is 2.95 bits per heavy atom. The fraction of sp³-hybridized carbons (Fsp3) is 0.600. The average Bonchev–Trinajstić information content (AvgIpc) is 2.41. The Labute approximate surface area is 118 Å². The summed E-state index contributed by atoms with van der Waals surface area (Å²) in [5, 5.41) is 10.4. The zero-order valence-electron chi connectivity index (χ0n) is 10.9. The van der Waals surface area contributed by atoms with Gasteiger partial charge in [-0.15, -0.1) is 0 Å². The molecule has 1 N–H and O–H groups in total. The van der Waals surface area contributed by atoms with Crippen LogP contribution in [-0.2, 0) is 11.2 Å². The highest BCUT2D eigenvalue weighted by Crippen LogP contribution is 2.20. The fourth-order valence-electron chi connectivity index (χ4n) is 2.46. The highest BCUT2D eigenvalue weighted by Gasteiger charge is 2.16. The molecule has 4 heteroatoms. The molecule has 1 aromatic rings. The van der Waals surface area contributed by atoms with E-state index >= 15 is 0 Å². The summed E-state index contributed by atoms with van der Waals surface area (Å²) in [6.07, 6.45) is 4.96. The van der Waals surface area contributed by atoms with Crippen LogP contribution in [0.3, 0.4) is 0 Å². The van der Waals surface area contributed by atoms with Gasteiger partial charge in [-0.05, 0) is 49.8 Å². The van der Waals surface area contributed by atoms with E-state index < -0.39 is 6.10 Å². The second-order valence-corrected chi connectivity index (χ2v) is 5.60. The Hall–Kier alpha value is -0.640. The molecule has 1 aliphatic rings. The molecular weight excluding hydrogens is 267 g/mol.